The molecule has 0 bridgehead atoms. The van der Waals surface area contributed by atoms with Gasteiger partial charge in [-0.15, -0.1) is 0 Å². The second-order valence-electron chi connectivity index (χ2n) is 6.63. The standard InChI is InChI=1S/C21H30N2O2S/c1-5-7-8-11-14-25-18-13-10-9-12-17(18)20-19(16(4)24)15(3)23(6-2)21(26)22-20/h9-10,12-13,20H,5-8,11,14H2,1-4H3,(H,22,26). The Morgan fingerprint density at radius 2 is 1.96 bits per heavy atom. The van der Waals surface area contributed by atoms with Crippen LogP contribution in [0.5, 0.6) is 5.75 Å². The maximum atomic E-state index is 12.4. The molecule has 0 saturated heterocycles. The topological polar surface area (TPSA) is 41.6 Å². The molecule has 0 aliphatic carbocycles. The number of carbonyl (C=O) groups is 1. The Balaban J connectivity index is 2.30. The van der Waals surface area contributed by atoms with E-state index in [0.717, 1.165) is 35.5 Å². The lowest BCUT2D eigenvalue weighted by atomic mass is 9.92. The van der Waals surface area contributed by atoms with Crippen LogP contribution >= 0.6 is 12.2 Å². The number of unbranched alkanes of at least 4 members (excludes halogenated alkanes) is 3. The van der Waals surface area contributed by atoms with E-state index in [-0.39, 0.29) is 11.8 Å². The van der Waals surface area contributed by atoms with Crippen LogP contribution in [0.25, 0.3) is 0 Å². The van der Waals surface area contributed by atoms with Gasteiger partial charge in [0.2, 0.25) is 0 Å². The van der Waals surface area contributed by atoms with E-state index in [0.29, 0.717) is 11.7 Å². The van der Waals surface area contributed by atoms with Crippen LogP contribution in [-0.4, -0.2) is 28.9 Å². The first-order valence-electron chi connectivity index (χ1n) is 9.52. The molecule has 1 N–H and O–H groups in total. The van der Waals surface area contributed by atoms with Gasteiger partial charge in [-0.05, 0) is 45.5 Å². The highest BCUT2D eigenvalue weighted by Crippen LogP contribution is 2.35. The first-order valence-corrected chi connectivity index (χ1v) is 9.93. The number of carbonyl (C=O) groups excluding carboxylic acids is 1. The van der Waals surface area contributed by atoms with Gasteiger partial charge in [0.15, 0.2) is 10.9 Å². The zero-order chi connectivity index (χ0) is 19.1. The molecule has 1 aliphatic rings. The number of ketones is 1. The van der Waals surface area contributed by atoms with Gasteiger partial charge in [-0.25, -0.2) is 0 Å². The first kappa shape index (κ1) is 20.4. The summed E-state index contributed by atoms with van der Waals surface area (Å²) in [5.41, 5.74) is 2.64. The van der Waals surface area contributed by atoms with E-state index in [1.165, 1.54) is 19.3 Å². The van der Waals surface area contributed by atoms with E-state index in [1.807, 2.05) is 43.0 Å². The number of hydrogen-bond donors (Lipinski definition) is 1. The van der Waals surface area contributed by atoms with Crippen LogP contribution < -0.4 is 10.1 Å². The maximum Gasteiger partial charge on any atom is 0.173 e. The molecule has 142 valence electrons. The van der Waals surface area contributed by atoms with E-state index in [4.69, 9.17) is 17.0 Å². The lowest BCUT2D eigenvalue weighted by molar-refractivity contribution is -0.114. The smallest absolute Gasteiger partial charge is 0.173 e. The van der Waals surface area contributed by atoms with E-state index in [9.17, 15) is 4.79 Å². The minimum Gasteiger partial charge on any atom is -0.493 e. The van der Waals surface area contributed by atoms with Crippen LogP contribution in [0.4, 0.5) is 0 Å². The van der Waals surface area contributed by atoms with Crippen LogP contribution in [0, 0.1) is 0 Å². The Bertz CT molecular complexity index is 684. The molecule has 4 nitrogen and oxygen atoms in total. The van der Waals surface area contributed by atoms with Crippen LogP contribution in [0.3, 0.4) is 0 Å². The van der Waals surface area contributed by atoms with E-state index in [2.05, 4.69) is 12.2 Å². The third-order valence-electron chi connectivity index (χ3n) is 4.78. The van der Waals surface area contributed by atoms with Crippen LogP contribution in [0.15, 0.2) is 35.5 Å². The summed E-state index contributed by atoms with van der Waals surface area (Å²) in [5.74, 6) is 0.875. The summed E-state index contributed by atoms with van der Waals surface area (Å²) in [6.45, 7) is 9.23. The number of rotatable bonds is 9. The second-order valence-corrected chi connectivity index (χ2v) is 7.02. The molecule has 0 amide bonds. The average molecular weight is 375 g/mol. The summed E-state index contributed by atoms with van der Waals surface area (Å²) in [5, 5.41) is 4.00. The van der Waals surface area contributed by atoms with Gasteiger partial charge in [0.1, 0.15) is 5.75 Å². The van der Waals surface area contributed by atoms with Crippen LogP contribution in [-0.2, 0) is 4.79 Å². The summed E-state index contributed by atoms with van der Waals surface area (Å²) >= 11 is 5.53. The molecular weight excluding hydrogens is 344 g/mol. The molecule has 1 aromatic carbocycles. The molecule has 1 heterocycles. The molecule has 2 rings (SSSR count). The van der Waals surface area contributed by atoms with Gasteiger partial charge >= 0.3 is 0 Å². The third kappa shape index (κ3) is 4.64. The number of hydrogen-bond acceptors (Lipinski definition) is 3. The van der Waals surface area contributed by atoms with Crippen molar-refractivity contribution in [3.8, 4) is 5.75 Å². The fourth-order valence-corrected chi connectivity index (χ4v) is 3.80. The highest BCUT2D eigenvalue weighted by atomic mass is 32.1. The van der Waals surface area contributed by atoms with Gasteiger partial charge in [0, 0.05) is 23.4 Å². The van der Waals surface area contributed by atoms with Crippen molar-refractivity contribution in [2.75, 3.05) is 13.2 Å². The second kappa shape index (κ2) is 9.72. The molecular formula is C21H30N2O2S. The molecule has 0 saturated carbocycles. The Morgan fingerprint density at radius 1 is 1.23 bits per heavy atom. The zero-order valence-electron chi connectivity index (χ0n) is 16.3. The predicted molar refractivity (Wildman–Crippen MR) is 110 cm³/mol. The van der Waals surface area contributed by atoms with Crippen molar-refractivity contribution in [2.24, 2.45) is 0 Å². The summed E-state index contributed by atoms with van der Waals surface area (Å²) < 4.78 is 6.06. The number of allylic oxidation sites excluding steroid dienone is 1. The molecule has 1 unspecified atom stereocenters. The van der Waals surface area contributed by atoms with Crippen molar-refractivity contribution in [2.45, 2.75) is 59.4 Å². The molecule has 0 spiro atoms. The lowest BCUT2D eigenvalue weighted by Crippen LogP contribution is -2.47. The van der Waals surface area contributed by atoms with Crippen molar-refractivity contribution >= 4 is 23.1 Å². The van der Waals surface area contributed by atoms with Gasteiger partial charge in [-0.2, -0.15) is 0 Å². The summed E-state index contributed by atoms with van der Waals surface area (Å²) in [6.07, 6.45) is 4.65. The molecule has 1 atom stereocenters. The molecule has 0 fully saturated rings. The van der Waals surface area contributed by atoms with Crippen LogP contribution in [0.1, 0.15) is 65.0 Å². The Morgan fingerprint density at radius 3 is 2.62 bits per heavy atom. The number of ether oxygens (including phenoxy) is 1. The zero-order valence-corrected chi connectivity index (χ0v) is 17.1. The molecule has 5 heteroatoms. The highest BCUT2D eigenvalue weighted by molar-refractivity contribution is 7.80. The van der Waals surface area contributed by atoms with Gasteiger partial charge in [0.25, 0.3) is 0 Å². The largest absolute Gasteiger partial charge is 0.493 e. The normalized spacial score (nSPS) is 17.3. The SMILES string of the molecule is CCCCCCOc1ccccc1C1NC(=S)N(CC)C(C)=C1C(C)=O. The third-order valence-corrected chi connectivity index (χ3v) is 5.12. The fourth-order valence-electron chi connectivity index (χ4n) is 3.41. The maximum absolute atomic E-state index is 12.4. The molecule has 0 aromatic heterocycles. The number of benzene rings is 1. The van der Waals surface area contributed by atoms with Gasteiger partial charge in [-0.3, -0.25) is 4.79 Å². The van der Waals surface area contributed by atoms with E-state index in [1.54, 1.807) is 6.92 Å². The minimum absolute atomic E-state index is 0.0544. The Kier molecular flexibility index (Phi) is 7.64. The van der Waals surface area contributed by atoms with Crippen molar-refractivity contribution in [3.05, 3.63) is 41.1 Å². The Hall–Kier alpha value is -1.88. The number of para-hydroxylation sites is 1. The van der Waals surface area contributed by atoms with Gasteiger partial charge in [-0.1, -0.05) is 44.4 Å². The number of thiocarbonyl (C=S) groups is 1. The van der Waals surface area contributed by atoms with Crippen molar-refractivity contribution in [1.29, 1.82) is 0 Å². The minimum atomic E-state index is -0.269. The van der Waals surface area contributed by atoms with Crippen molar-refractivity contribution in [3.63, 3.8) is 0 Å². The van der Waals surface area contributed by atoms with Gasteiger partial charge < -0.3 is 15.0 Å². The Labute approximate surface area is 162 Å². The highest BCUT2D eigenvalue weighted by Gasteiger charge is 2.33. The van der Waals surface area contributed by atoms with E-state index >= 15 is 0 Å². The van der Waals surface area contributed by atoms with E-state index < -0.39 is 0 Å². The molecule has 26 heavy (non-hydrogen) atoms. The summed E-state index contributed by atoms with van der Waals surface area (Å²) in [7, 11) is 0. The summed E-state index contributed by atoms with van der Waals surface area (Å²) in [4.78, 5) is 14.4. The summed E-state index contributed by atoms with van der Waals surface area (Å²) in [6, 6.07) is 7.66. The van der Waals surface area contributed by atoms with Gasteiger partial charge in [0.05, 0.1) is 12.6 Å². The van der Waals surface area contributed by atoms with Crippen LogP contribution in [0.2, 0.25) is 0 Å². The van der Waals surface area contributed by atoms with Crippen molar-refractivity contribution < 1.29 is 9.53 Å². The quantitative estimate of drug-likeness (QED) is 0.498. The first-order chi connectivity index (χ1) is 12.5. The predicted octanol–water partition coefficient (Wildman–Crippen LogP) is 4.76. The molecule has 0 radical (unpaired) electrons. The lowest BCUT2D eigenvalue weighted by Gasteiger charge is -2.37. The number of nitrogens with zero attached hydrogens (tertiary/aromatic N) is 1. The monoisotopic (exact) mass is 374 g/mol. The van der Waals surface area contributed by atoms with Crippen molar-refractivity contribution in [1.82, 2.24) is 10.2 Å². The molecule has 1 aliphatic heterocycles. The molecule has 1 aromatic rings. The fraction of sp³-hybridized carbons (Fsp3) is 0.524. The number of nitrogens with one attached hydrogen (secondary N) is 1. The average Bonchev–Trinajstić information content (AvgIpc) is 2.61. The number of Topliss-reactive ketones (excluding diaryl/α,β-unsaturated/α-hetero) is 1.